The van der Waals surface area contributed by atoms with Crippen LogP contribution in [0.15, 0.2) is 12.4 Å². The number of amides is 2. The Hall–Kier alpha value is -1.69. The number of likely N-dealkylation sites (N-methyl/N-ethyl adjacent to an activating group) is 1. The van der Waals surface area contributed by atoms with E-state index in [1.165, 1.54) is 24.3 Å². The summed E-state index contributed by atoms with van der Waals surface area (Å²) in [4.78, 5) is 33.4. The zero-order valence-corrected chi connectivity index (χ0v) is 9.31. The molecule has 2 rings (SSSR count). The lowest BCUT2D eigenvalue weighted by Crippen LogP contribution is -2.52. The molecule has 0 aliphatic carbocycles. The van der Waals surface area contributed by atoms with Crippen molar-refractivity contribution in [2.45, 2.75) is 0 Å². The topological polar surface area (TPSA) is 66.4 Å². The first-order valence-corrected chi connectivity index (χ1v) is 4.97. The van der Waals surface area contributed by atoms with Gasteiger partial charge in [0.05, 0.1) is 17.4 Å². The van der Waals surface area contributed by atoms with E-state index in [1.807, 2.05) is 0 Å². The minimum atomic E-state index is -0.269. The Morgan fingerprint density at radius 2 is 1.69 bits per heavy atom. The average Bonchev–Trinajstić information content (AvgIpc) is 2.26. The van der Waals surface area contributed by atoms with Crippen LogP contribution in [-0.2, 0) is 9.59 Å². The van der Waals surface area contributed by atoms with Crippen molar-refractivity contribution in [3.8, 4) is 0 Å². The Morgan fingerprint density at radius 1 is 1.19 bits per heavy atom. The van der Waals surface area contributed by atoms with Gasteiger partial charge in [-0.1, -0.05) is 11.6 Å². The number of hydrogen-bond donors (Lipinski definition) is 0. The molecule has 2 amide bonds. The van der Waals surface area contributed by atoms with Crippen LogP contribution in [0.1, 0.15) is 0 Å². The van der Waals surface area contributed by atoms with Crippen LogP contribution in [0.3, 0.4) is 0 Å². The maximum absolute atomic E-state index is 11.4. The smallest absolute Gasteiger partial charge is 0.248 e. The Bertz CT molecular complexity index is 416. The summed E-state index contributed by atoms with van der Waals surface area (Å²) in [5, 5.41) is 0.413. The summed E-state index contributed by atoms with van der Waals surface area (Å²) < 4.78 is 0. The van der Waals surface area contributed by atoms with Crippen LogP contribution in [0.2, 0.25) is 5.02 Å². The third-order valence-electron chi connectivity index (χ3n) is 2.29. The molecule has 1 aliphatic heterocycles. The first-order valence-electron chi connectivity index (χ1n) is 4.60. The van der Waals surface area contributed by atoms with Gasteiger partial charge in [0.25, 0.3) is 0 Å². The third-order valence-corrected chi connectivity index (χ3v) is 2.49. The molecule has 0 bridgehead atoms. The van der Waals surface area contributed by atoms with E-state index in [2.05, 4.69) is 9.97 Å². The Kier molecular flexibility index (Phi) is 2.74. The maximum Gasteiger partial charge on any atom is 0.248 e. The number of hydrogen-bond acceptors (Lipinski definition) is 5. The molecule has 16 heavy (non-hydrogen) atoms. The van der Waals surface area contributed by atoms with Gasteiger partial charge in [-0.15, -0.1) is 0 Å². The number of carbonyl (C=O) groups is 2. The van der Waals surface area contributed by atoms with Crippen LogP contribution in [0.4, 0.5) is 5.95 Å². The number of halogens is 1. The van der Waals surface area contributed by atoms with E-state index in [-0.39, 0.29) is 24.9 Å². The normalized spacial score (nSPS) is 16.9. The first kappa shape index (κ1) is 10.8. The number of aromatic nitrogens is 2. The lowest BCUT2D eigenvalue weighted by Gasteiger charge is -2.30. The van der Waals surface area contributed by atoms with Crippen molar-refractivity contribution in [1.29, 1.82) is 0 Å². The molecule has 0 N–H and O–H groups in total. The van der Waals surface area contributed by atoms with Gasteiger partial charge >= 0.3 is 0 Å². The monoisotopic (exact) mass is 240 g/mol. The fourth-order valence-corrected chi connectivity index (χ4v) is 1.44. The molecule has 1 aliphatic rings. The van der Waals surface area contributed by atoms with Crippen LogP contribution >= 0.6 is 11.6 Å². The van der Waals surface area contributed by atoms with Crippen molar-refractivity contribution < 1.29 is 9.59 Å². The lowest BCUT2D eigenvalue weighted by molar-refractivity contribution is -0.143. The quantitative estimate of drug-likeness (QED) is 0.643. The summed E-state index contributed by atoms with van der Waals surface area (Å²) >= 11 is 5.65. The van der Waals surface area contributed by atoms with E-state index in [1.54, 1.807) is 0 Å². The zero-order chi connectivity index (χ0) is 11.7. The summed E-state index contributed by atoms with van der Waals surface area (Å²) in [6.07, 6.45) is 2.86. The first-order chi connectivity index (χ1) is 7.58. The summed E-state index contributed by atoms with van der Waals surface area (Å²) in [6, 6.07) is 0. The average molecular weight is 241 g/mol. The van der Waals surface area contributed by atoms with Gasteiger partial charge in [0.15, 0.2) is 0 Å². The predicted octanol–water partition coefficient (Wildman–Crippen LogP) is -0.0650. The molecular formula is C9H9ClN4O2. The van der Waals surface area contributed by atoms with Crippen molar-refractivity contribution in [1.82, 2.24) is 14.9 Å². The number of anilines is 1. The van der Waals surface area contributed by atoms with Crippen molar-refractivity contribution in [3.63, 3.8) is 0 Å². The maximum atomic E-state index is 11.4. The number of nitrogens with zero attached hydrogens (tertiary/aromatic N) is 4. The van der Waals surface area contributed by atoms with Crippen LogP contribution in [-0.4, -0.2) is 46.8 Å². The van der Waals surface area contributed by atoms with Crippen LogP contribution < -0.4 is 4.90 Å². The summed E-state index contributed by atoms with van der Waals surface area (Å²) in [5.41, 5.74) is 0. The van der Waals surface area contributed by atoms with E-state index in [9.17, 15) is 9.59 Å². The summed E-state index contributed by atoms with van der Waals surface area (Å²) in [5.74, 6) is -0.205. The van der Waals surface area contributed by atoms with Gasteiger partial charge in [-0.25, -0.2) is 9.97 Å². The molecule has 1 fully saturated rings. The Morgan fingerprint density at radius 3 is 2.19 bits per heavy atom. The van der Waals surface area contributed by atoms with Crippen LogP contribution in [0, 0.1) is 0 Å². The van der Waals surface area contributed by atoms with E-state index in [4.69, 9.17) is 11.6 Å². The van der Waals surface area contributed by atoms with Crippen LogP contribution in [0.25, 0.3) is 0 Å². The molecule has 0 radical (unpaired) electrons. The van der Waals surface area contributed by atoms with Gasteiger partial charge in [0.2, 0.25) is 17.8 Å². The van der Waals surface area contributed by atoms with Gasteiger partial charge < -0.3 is 4.90 Å². The van der Waals surface area contributed by atoms with E-state index in [0.29, 0.717) is 11.0 Å². The molecule has 1 saturated heterocycles. The molecule has 0 saturated carbocycles. The standard InChI is InChI=1S/C9H9ClN4O2/c1-13-7(15)4-14(5-8(13)16)9-11-2-6(10)3-12-9/h2-3H,4-5H2,1H3. The summed E-state index contributed by atoms with van der Waals surface area (Å²) in [7, 11) is 1.46. The molecule has 0 spiro atoms. The van der Waals surface area contributed by atoms with E-state index >= 15 is 0 Å². The highest BCUT2D eigenvalue weighted by molar-refractivity contribution is 6.30. The van der Waals surface area contributed by atoms with Crippen molar-refractivity contribution in [2.75, 3.05) is 25.0 Å². The molecule has 0 atom stereocenters. The Balaban J connectivity index is 2.20. The predicted molar refractivity (Wildman–Crippen MR) is 57.0 cm³/mol. The van der Waals surface area contributed by atoms with Gasteiger partial charge in [0, 0.05) is 7.05 Å². The highest BCUT2D eigenvalue weighted by Gasteiger charge is 2.29. The van der Waals surface area contributed by atoms with E-state index < -0.39 is 0 Å². The second-order valence-electron chi connectivity index (χ2n) is 3.40. The summed E-state index contributed by atoms with van der Waals surface area (Å²) in [6.45, 7) is 0.202. The van der Waals surface area contributed by atoms with Gasteiger partial charge in [-0.3, -0.25) is 14.5 Å². The number of carbonyl (C=O) groups excluding carboxylic acids is 2. The van der Waals surface area contributed by atoms with Gasteiger partial charge in [-0.2, -0.15) is 0 Å². The fourth-order valence-electron chi connectivity index (χ4n) is 1.34. The number of piperazine rings is 1. The van der Waals surface area contributed by atoms with Crippen molar-refractivity contribution in [3.05, 3.63) is 17.4 Å². The molecule has 6 nitrogen and oxygen atoms in total. The van der Waals surface area contributed by atoms with E-state index in [0.717, 1.165) is 4.90 Å². The second kappa shape index (κ2) is 4.05. The number of rotatable bonds is 1. The minimum Gasteiger partial charge on any atom is -0.322 e. The fraction of sp³-hybridized carbons (Fsp3) is 0.333. The molecule has 0 aromatic carbocycles. The molecule has 1 aromatic heterocycles. The SMILES string of the molecule is CN1C(=O)CN(c2ncc(Cl)cn2)CC1=O. The molecule has 1 aromatic rings. The largest absolute Gasteiger partial charge is 0.322 e. The zero-order valence-electron chi connectivity index (χ0n) is 8.55. The highest BCUT2D eigenvalue weighted by Crippen LogP contribution is 2.13. The van der Waals surface area contributed by atoms with Gasteiger partial charge in [0.1, 0.15) is 13.1 Å². The second-order valence-corrected chi connectivity index (χ2v) is 3.84. The molecule has 84 valence electrons. The lowest BCUT2D eigenvalue weighted by atomic mass is 10.3. The minimum absolute atomic E-state index is 0.101. The molecule has 0 unspecified atom stereocenters. The number of imide groups is 1. The van der Waals surface area contributed by atoms with Crippen LogP contribution in [0.5, 0.6) is 0 Å². The van der Waals surface area contributed by atoms with Crippen molar-refractivity contribution >= 4 is 29.4 Å². The van der Waals surface area contributed by atoms with Gasteiger partial charge in [-0.05, 0) is 0 Å². The highest BCUT2D eigenvalue weighted by atomic mass is 35.5. The Labute approximate surface area is 96.8 Å². The third kappa shape index (κ3) is 1.96. The molecular weight excluding hydrogens is 232 g/mol. The van der Waals surface area contributed by atoms with Crippen molar-refractivity contribution in [2.24, 2.45) is 0 Å². The molecule has 7 heteroatoms. The molecule has 2 heterocycles.